The van der Waals surface area contributed by atoms with E-state index < -0.39 is 17.6 Å². The predicted octanol–water partition coefficient (Wildman–Crippen LogP) is 4.72. The number of nitrogens with one attached hydrogen (secondary N) is 2. The molecule has 0 amide bonds. The van der Waals surface area contributed by atoms with Gasteiger partial charge in [-0.15, -0.1) is 0 Å². The molecule has 0 saturated carbocycles. The number of hydrogen-bond acceptors (Lipinski definition) is 2. The van der Waals surface area contributed by atoms with Crippen molar-refractivity contribution in [1.82, 2.24) is 5.43 Å². The Morgan fingerprint density at radius 3 is 2.33 bits per heavy atom. The van der Waals surface area contributed by atoms with E-state index in [1.54, 1.807) is 24.3 Å². The van der Waals surface area contributed by atoms with Gasteiger partial charge in [0.1, 0.15) is 5.82 Å². The van der Waals surface area contributed by atoms with E-state index in [2.05, 4.69) is 26.8 Å². The summed E-state index contributed by atoms with van der Waals surface area (Å²) in [5.74, 6) is -1.27. The zero-order valence-corrected chi connectivity index (χ0v) is 12.2. The first kappa shape index (κ1) is 15.8. The van der Waals surface area contributed by atoms with Crippen molar-refractivity contribution in [3.8, 4) is 0 Å². The number of hydrazine groups is 1. The van der Waals surface area contributed by atoms with E-state index in [9.17, 15) is 17.6 Å². The molecule has 2 aromatic rings. The minimum atomic E-state index is -4.73. The van der Waals surface area contributed by atoms with Crippen molar-refractivity contribution in [3.05, 3.63) is 63.9 Å². The molecule has 2 rings (SSSR count). The Morgan fingerprint density at radius 1 is 1.05 bits per heavy atom. The molecule has 21 heavy (non-hydrogen) atoms. The molecule has 7 heteroatoms. The molecular formula is C14H11BrF4N2. The fourth-order valence-corrected chi connectivity index (χ4v) is 2.25. The lowest BCUT2D eigenvalue weighted by atomic mass is 10.1. The zero-order chi connectivity index (χ0) is 15.5. The van der Waals surface area contributed by atoms with Gasteiger partial charge in [-0.1, -0.05) is 34.1 Å². The lowest BCUT2D eigenvalue weighted by Crippen LogP contribution is -2.22. The molecule has 0 aliphatic heterocycles. The average Bonchev–Trinajstić information content (AvgIpc) is 2.42. The summed E-state index contributed by atoms with van der Waals surface area (Å²) >= 11 is 2.96. The Hall–Kier alpha value is -1.60. The highest BCUT2D eigenvalue weighted by atomic mass is 79.9. The van der Waals surface area contributed by atoms with Crippen LogP contribution in [0.25, 0.3) is 0 Å². The van der Waals surface area contributed by atoms with E-state index in [-0.39, 0.29) is 16.6 Å². The first-order valence-corrected chi connectivity index (χ1v) is 6.76. The maximum Gasteiger partial charge on any atom is 0.419 e. The molecule has 112 valence electrons. The van der Waals surface area contributed by atoms with Crippen LogP contribution in [-0.4, -0.2) is 0 Å². The van der Waals surface area contributed by atoms with Gasteiger partial charge in [0.25, 0.3) is 0 Å². The molecule has 0 saturated heterocycles. The monoisotopic (exact) mass is 362 g/mol. The quantitative estimate of drug-likeness (QED) is 0.607. The van der Waals surface area contributed by atoms with Crippen LogP contribution in [0.2, 0.25) is 0 Å². The Morgan fingerprint density at radius 2 is 1.71 bits per heavy atom. The molecule has 0 aliphatic rings. The second kappa shape index (κ2) is 6.44. The molecular weight excluding hydrogens is 352 g/mol. The minimum Gasteiger partial charge on any atom is -0.321 e. The van der Waals surface area contributed by atoms with Crippen LogP contribution in [-0.2, 0) is 12.7 Å². The highest BCUT2D eigenvalue weighted by Crippen LogP contribution is 2.34. The standard InChI is InChI=1S/C14H11BrF4N2/c15-10-6-9(13(16)12(7-10)14(17,18)19)8-20-21-11-4-2-1-3-5-11/h1-7,20-21H,8H2. The first-order valence-electron chi connectivity index (χ1n) is 5.97. The topological polar surface area (TPSA) is 24.1 Å². The number of rotatable bonds is 4. The molecule has 0 radical (unpaired) electrons. The van der Waals surface area contributed by atoms with Gasteiger partial charge in [0.05, 0.1) is 5.56 Å². The molecule has 0 bridgehead atoms. The number of para-hydroxylation sites is 1. The molecule has 0 spiro atoms. The number of benzene rings is 2. The van der Waals surface area contributed by atoms with Crippen molar-refractivity contribution in [3.63, 3.8) is 0 Å². The molecule has 0 aliphatic carbocycles. The fraction of sp³-hybridized carbons (Fsp3) is 0.143. The second-order valence-electron chi connectivity index (χ2n) is 4.27. The second-order valence-corrected chi connectivity index (χ2v) is 5.18. The number of anilines is 1. The number of hydrogen-bond donors (Lipinski definition) is 2. The van der Waals surface area contributed by atoms with Crippen LogP contribution in [0, 0.1) is 5.82 Å². The molecule has 2 N–H and O–H groups in total. The Balaban J connectivity index is 2.12. The van der Waals surface area contributed by atoms with Crippen LogP contribution in [0.5, 0.6) is 0 Å². The van der Waals surface area contributed by atoms with Crippen LogP contribution in [0.15, 0.2) is 46.9 Å². The van der Waals surface area contributed by atoms with Crippen molar-refractivity contribution in [2.75, 3.05) is 5.43 Å². The first-order chi connectivity index (χ1) is 9.88. The molecule has 0 aromatic heterocycles. The molecule has 0 unspecified atom stereocenters. The number of halogens is 5. The Labute approximate surface area is 127 Å². The van der Waals surface area contributed by atoms with Gasteiger partial charge in [-0.05, 0) is 24.3 Å². The summed E-state index contributed by atoms with van der Waals surface area (Å²) < 4.78 is 52.1. The summed E-state index contributed by atoms with van der Waals surface area (Å²) in [5.41, 5.74) is 4.83. The van der Waals surface area contributed by atoms with Gasteiger partial charge >= 0.3 is 6.18 Å². The van der Waals surface area contributed by atoms with Gasteiger partial charge in [-0.3, -0.25) is 0 Å². The summed E-state index contributed by atoms with van der Waals surface area (Å²) in [7, 11) is 0. The van der Waals surface area contributed by atoms with Crippen LogP contribution >= 0.6 is 15.9 Å². The van der Waals surface area contributed by atoms with E-state index in [4.69, 9.17) is 0 Å². The maximum atomic E-state index is 13.9. The summed E-state index contributed by atoms with van der Waals surface area (Å²) in [6.45, 7) is -0.0940. The molecule has 0 atom stereocenters. The normalized spacial score (nSPS) is 11.5. The highest BCUT2D eigenvalue weighted by molar-refractivity contribution is 9.10. The van der Waals surface area contributed by atoms with Gasteiger partial charge in [0.15, 0.2) is 0 Å². The number of alkyl halides is 3. The van der Waals surface area contributed by atoms with Crippen molar-refractivity contribution < 1.29 is 17.6 Å². The van der Waals surface area contributed by atoms with Crippen LogP contribution in [0.4, 0.5) is 23.2 Å². The fourth-order valence-electron chi connectivity index (χ4n) is 1.74. The minimum absolute atomic E-state index is 0.0832. The van der Waals surface area contributed by atoms with E-state index in [1.165, 1.54) is 6.07 Å². The molecule has 2 aromatic carbocycles. The van der Waals surface area contributed by atoms with Gasteiger partial charge in [0, 0.05) is 22.3 Å². The molecule has 0 fully saturated rings. The summed E-state index contributed by atoms with van der Waals surface area (Å²) in [4.78, 5) is 0. The van der Waals surface area contributed by atoms with Crippen LogP contribution in [0.3, 0.4) is 0 Å². The van der Waals surface area contributed by atoms with Gasteiger partial charge < -0.3 is 5.43 Å². The highest BCUT2D eigenvalue weighted by Gasteiger charge is 2.35. The van der Waals surface area contributed by atoms with Crippen LogP contribution in [0.1, 0.15) is 11.1 Å². The molecule has 0 heterocycles. The van der Waals surface area contributed by atoms with Crippen molar-refractivity contribution in [1.29, 1.82) is 0 Å². The van der Waals surface area contributed by atoms with E-state index in [0.29, 0.717) is 0 Å². The van der Waals surface area contributed by atoms with Crippen molar-refractivity contribution in [2.24, 2.45) is 0 Å². The van der Waals surface area contributed by atoms with Crippen LogP contribution < -0.4 is 10.9 Å². The van der Waals surface area contributed by atoms with Gasteiger partial charge in [0.2, 0.25) is 0 Å². The van der Waals surface area contributed by atoms with Crippen molar-refractivity contribution >= 4 is 21.6 Å². The van der Waals surface area contributed by atoms with Gasteiger partial charge in [-0.2, -0.15) is 13.2 Å². The lowest BCUT2D eigenvalue weighted by Gasteiger charge is -2.13. The summed E-state index contributed by atoms with van der Waals surface area (Å²) in [6.07, 6.45) is -4.73. The molecule has 2 nitrogen and oxygen atoms in total. The smallest absolute Gasteiger partial charge is 0.321 e. The zero-order valence-electron chi connectivity index (χ0n) is 10.6. The van der Waals surface area contributed by atoms with E-state index in [0.717, 1.165) is 11.8 Å². The van der Waals surface area contributed by atoms with Crippen molar-refractivity contribution in [2.45, 2.75) is 12.7 Å². The SMILES string of the molecule is Fc1c(CNNc2ccccc2)cc(Br)cc1C(F)(F)F. The Kier molecular flexibility index (Phi) is 4.84. The summed E-state index contributed by atoms with van der Waals surface area (Å²) in [5, 5.41) is 0. The third-order valence-electron chi connectivity index (χ3n) is 2.70. The average molecular weight is 363 g/mol. The summed E-state index contributed by atoms with van der Waals surface area (Å²) in [6, 6.07) is 11.0. The predicted molar refractivity (Wildman–Crippen MR) is 76.0 cm³/mol. The van der Waals surface area contributed by atoms with Gasteiger partial charge in [-0.25, -0.2) is 9.82 Å². The lowest BCUT2D eigenvalue weighted by molar-refractivity contribution is -0.140. The Bertz CT molecular complexity index is 614. The largest absolute Gasteiger partial charge is 0.419 e. The third kappa shape index (κ3) is 4.18. The third-order valence-corrected chi connectivity index (χ3v) is 3.16. The maximum absolute atomic E-state index is 13.9. The van der Waals surface area contributed by atoms with E-state index in [1.807, 2.05) is 6.07 Å². The van der Waals surface area contributed by atoms with E-state index >= 15 is 0 Å².